The quantitative estimate of drug-likeness (QED) is 0.136. The Hall–Kier alpha value is -2.93. The first-order valence-corrected chi connectivity index (χ1v) is 10.0. The van der Waals surface area contributed by atoms with Crippen LogP contribution in [0.5, 0.6) is 5.75 Å². The summed E-state index contributed by atoms with van der Waals surface area (Å²) < 4.78 is 205. The molecule has 0 aliphatic rings. The van der Waals surface area contributed by atoms with Crippen LogP contribution in [0.3, 0.4) is 0 Å². The zero-order valence-corrected chi connectivity index (χ0v) is 19.5. The predicted octanol–water partition coefficient (Wildman–Crippen LogP) is 5.94. The van der Waals surface area contributed by atoms with Gasteiger partial charge < -0.3 is 14.6 Å². The van der Waals surface area contributed by atoms with Crippen LogP contribution in [0.25, 0.3) is 0 Å². The minimum atomic E-state index is -8.52. The first kappa shape index (κ1) is 35.1. The highest BCUT2D eigenvalue weighted by Crippen LogP contribution is 2.62. The van der Waals surface area contributed by atoms with Crippen molar-refractivity contribution in [3.8, 4) is 5.75 Å². The van der Waals surface area contributed by atoms with Crippen LogP contribution < -0.4 is 4.74 Å². The fourth-order valence-corrected chi connectivity index (χ4v) is 2.54. The van der Waals surface area contributed by atoms with Crippen LogP contribution >= 0.6 is 0 Å². The highest BCUT2D eigenvalue weighted by atomic mass is 19.4. The zero-order valence-electron chi connectivity index (χ0n) is 19.5. The van der Waals surface area contributed by atoms with E-state index in [1.807, 2.05) is 0 Å². The molecule has 1 aromatic rings. The maximum Gasteiger partial charge on any atom is 0.460 e. The lowest BCUT2D eigenvalue weighted by Gasteiger charge is -2.40. The molecular weight excluding hydrogens is 605 g/mol. The maximum atomic E-state index is 13.7. The molecule has 0 saturated carbocycles. The number of esters is 1. The fourth-order valence-electron chi connectivity index (χ4n) is 2.54. The summed E-state index contributed by atoms with van der Waals surface area (Å²) in [5.74, 6) is -53.5. The monoisotopic (exact) mass is 620 g/mol. The number of rotatable bonds is 12. The summed E-state index contributed by atoms with van der Waals surface area (Å²) in [6.07, 6.45) is -7.74. The number of benzene rings is 1. The molecule has 0 fully saturated rings. The second-order valence-electron chi connectivity index (χ2n) is 8.34. The molecule has 0 spiro atoms. The van der Waals surface area contributed by atoms with Crippen molar-refractivity contribution in [1.82, 2.24) is 0 Å². The Balaban J connectivity index is 3.04. The van der Waals surface area contributed by atoms with Crippen LogP contribution in [0.15, 0.2) is 24.3 Å². The fraction of sp³-hybridized carbons (Fsp3) is 0.600. The Bertz CT molecular complexity index is 1070. The number of hydrogen-bond acceptors (Lipinski definition) is 5. The summed E-state index contributed by atoms with van der Waals surface area (Å²) in [6.45, 7) is -0.310. The molecule has 5 nitrogen and oxygen atoms in total. The Morgan fingerprint density at radius 3 is 1.45 bits per heavy atom. The lowest BCUT2D eigenvalue weighted by Crippen LogP contribution is -2.73. The van der Waals surface area contributed by atoms with E-state index in [2.05, 4.69) is 4.74 Å². The van der Waals surface area contributed by atoms with Crippen LogP contribution in [0.1, 0.15) is 24.2 Å². The zero-order chi connectivity index (χ0) is 32.0. The van der Waals surface area contributed by atoms with Gasteiger partial charge in [0.2, 0.25) is 0 Å². The average Bonchev–Trinajstić information content (AvgIpc) is 2.79. The number of halogens is 15. The van der Waals surface area contributed by atoms with Gasteiger partial charge in [-0.25, -0.2) is 4.79 Å². The van der Waals surface area contributed by atoms with E-state index in [9.17, 15) is 80.6 Å². The van der Waals surface area contributed by atoms with E-state index in [-0.39, 0.29) is 11.3 Å². The Kier molecular flexibility index (Phi) is 9.19. The molecule has 0 unspecified atom stereocenters. The summed E-state index contributed by atoms with van der Waals surface area (Å²) in [5, 5.41) is 9.61. The molecule has 1 aromatic carbocycles. The van der Waals surface area contributed by atoms with E-state index in [0.29, 0.717) is 0 Å². The highest BCUT2D eigenvalue weighted by molar-refractivity contribution is 6.01. The molecule has 0 saturated heterocycles. The largest absolute Gasteiger partial charge is 0.490 e. The molecule has 0 radical (unpaired) electrons. The van der Waals surface area contributed by atoms with Gasteiger partial charge in [0.05, 0.1) is 0 Å². The van der Waals surface area contributed by atoms with Crippen LogP contribution in [-0.4, -0.2) is 77.4 Å². The Labute approximate surface area is 212 Å². The molecular formula is C20H15F15O5. The van der Waals surface area contributed by atoms with Crippen LogP contribution in [0, 0.1) is 0 Å². The third-order valence-electron chi connectivity index (χ3n) is 4.84. The molecule has 1 N–H and O–H groups in total. The van der Waals surface area contributed by atoms with Gasteiger partial charge in [-0.1, -0.05) is 0 Å². The van der Waals surface area contributed by atoms with Gasteiger partial charge in [0.1, 0.15) is 24.6 Å². The summed E-state index contributed by atoms with van der Waals surface area (Å²) in [7, 11) is 0. The summed E-state index contributed by atoms with van der Waals surface area (Å²) in [5.41, 5.74) is -1.86. The van der Waals surface area contributed by atoms with E-state index < -0.39 is 72.3 Å². The summed E-state index contributed by atoms with van der Waals surface area (Å²) >= 11 is 0. The van der Waals surface area contributed by atoms with Gasteiger partial charge >= 0.3 is 47.7 Å². The van der Waals surface area contributed by atoms with Crippen molar-refractivity contribution < 1.29 is 90.0 Å². The van der Waals surface area contributed by atoms with E-state index in [0.717, 1.165) is 38.1 Å². The van der Waals surface area contributed by atoms with Crippen molar-refractivity contribution in [2.75, 3.05) is 13.2 Å². The van der Waals surface area contributed by atoms with Crippen LogP contribution in [0.4, 0.5) is 65.9 Å². The summed E-state index contributed by atoms with van der Waals surface area (Å²) in [6, 6.07) is 4.17. The van der Waals surface area contributed by atoms with E-state index in [1.165, 1.54) is 0 Å². The van der Waals surface area contributed by atoms with Crippen molar-refractivity contribution in [3.05, 3.63) is 29.8 Å². The van der Waals surface area contributed by atoms with Crippen molar-refractivity contribution >= 4 is 11.8 Å². The molecule has 0 heterocycles. The maximum absolute atomic E-state index is 13.7. The Morgan fingerprint density at radius 2 is 1.05 bits per heavy atom. The molecule has 230 valence electrons. The van der Waals surface area contributed by atoms with Crippen molar-refractivity contribution in [2.45, 2.75) is 61.2 Å². The van der Waals surface area contributed by atoms with E-state index >= 15 is 0 Å². The number of alkyl halides is 15. The number of ketones is 1. The van der Waals surface area contributed by atoms with Crippen LogP contribution in [0.2, 0.25) is 0 Å². The molecule has 0 atom stereocenters. The van der Waals surface area contributed by atoms with Crippen molar-refractivity contribution in [3.63, 3.8) is 0 Å². The molecule has 0 aromatic heterocycles. The van der Waals surface area contributed by atoms with Crippen molar-refractivity contribution in [2.24, 2.45) is 0 Å². The van der Waals surface area contributed by atoms with Gasteiger partial charge in [-0.05, 0) is 38.1 Å². The van der Waals surface area contributed by atoms with Crippen LogP contribution in [-0.2, 0) is 9.53 Å². The van der Waals surface area contributed by atoms with Gasteiger partial charge in [-0.2, -0.15) is 65.9 Å². The van der Waals surface area contributed by atoms with Gasteiger partial charge in [0.15, 0.2) is 5.78 Å². The molecule has 40 heavy (non-hydrogen) atoms. The Morgan fingerprint density at radius 1 is 0.650 bits per heavy atom. The second kappa shape index (κ2) is 10.5. The highest BCUT2D eigenvalue weighted by Gasteiger charge is 2.94. The van der Waals surface area contributed by atoms with E-state index in [1.54, 1.807) is 0 Å². The first-order chi connectivity index (χ1) is 17.5. The minimum Gasteiger partial charge on any atom is -0.490 e. The third-order valence-corrected chi connectivity index (χ3v) is 4.84. The average molecular weight is 620 g/mol. The van der Waals surface area contributed by atoms with Crippen molar-refractivity contribution in [1.29, 1.82) is 0 Å². The number of Topliss-reactive ketones (excluding diaryl/α,β-unsaturated/α-hetero) is 1. The predicted molar refractivity (Wildman–Crippen MR) is 99.3 cm³/mol. The van der Waals surface area contributed by atoms with E-state index in [4.69, 9.17) is 4.74 Å². The standard InChI is InChI=1S/C20H15F15O5/c1-13(2,38)11(36)9-3-5-10(6-4-9)39-7-8-40-12(37)14(21,22)15(23,24)16(25,26)17(27,28)18(29,30)19(31,32)20(33,34)35/h3-6,38H,7-8H2,1-2H3. The third kappa shape index (κ3) is 5.76. The number of ether oxygens (including phenoxy) is 2. The number of aliphatic hydroxyl groups is 1. The minimum absolute atomic E-state index is 0.0653. The number of carbonyl (C=O) groups excluding carboxylic acids is 2. The van der Waals surface area contributed by atoms with Gasteiger partial charge in [-0.15, -0.1) is 0 Å². The lowest BCUT2D eigenvalue weighted by atomic mass is 9.91. The molecule has 1 rings (SSSR count). The molecule has 20 heteroatoms. The normalized spacial score (nSPS) is 14.7. The number of carbonyl (C=O) groups is 2. The molecule has 0 aliphatic heterocycles. The topological polar surface area (TPSA) is 72.8 Å². The number of hydrogen-bond donors (Lipinski definition) is 1. The first-order valence-electron chi connectivity index (χ1n) is 10.0. The second-order valence-corrected chi connectivity index (χ2v) is 8.34. The molecule has 0 bridgehead atoms. The van der Waals surface area contributed by atoms with Gasteiger partial charge in [0.25, 0.3) is 0 Å². The SMILES string of the molecule is CC(C)(O)C(=O)c1ccc(OCCOC(=O)C(F)(F)C(F)(F)C(F)(F)C(F)(F)C(F)(F)C(F)(F)C(F)(F)F)cc1. The lowest BCUT2D eigenvalue weighted by molar-refractivity contribution is -0.450. The molecule has 0 amide bonds. The van der Waals surface area contributed by atoms with Gasteiger partial charge in [0, 0.05) is 5.56 Å². The molecule has 0 aliphatic carbocycles. The summed E-state index contributed by atoms with van der Waals surface area (Å²) in [4.78, 5) is 23.1. The smallest absolute Gasteiger partial charge is 0.460 e. The van der Waals surface area contributed by atoms with Gasteiger partial charge in [-0.3, -0.25) is 4.79 Å².